The van der Waals surface area contributed by atoms with Crippen LogP contribution in [-0.4, -0.2) is 35.7 Å². The Morgan fingerprint density at radius 2 is 2.05 bits per heavy atom. The number of carbonyl (C=O) groups is 1. The quantitative estimate of drug-likeness (QED) is 0.839. The van der Waals surface area contributed by atoms with Gasteiger partial charge in [-0.25, -0.2) is 9.18 Å². The molecule has 8 heteroatoms. The number of benzene rings is 1. The number of hydrogen-bond acceptors (Lipinski definition) is 2. The molecule has 0 aromatic heterocycles. The summed E-state index contributed by atoms with van der Waals surface area (Å²) in [5.74, 6) is -0.997. The first-order valence-electron chi connectivity index (χ1n) is 6.14. The lowest BCUT2D eigenvalue weighted by Crippen LogP contribution is -2.43. The van der Waals surface area contributed by atoms with Crippen LogP contribution in [0.15, 0.2) is 18.2 Å². The number of aliphatic hydroxyl groups is 1. The third-order valence-corrected chi connectivity index (χ3v) is 3.05. The Hall–Kier alpha value is -1.83. The second-order valence-electron chi connectivity index (χ2n) is 4.60. The van der Waals surface area contributed by atoms with Gasteiger partial charge in [0, 0.05) is 13.6 Å². The molecule has 0 spiro atoms. The highest BCUT2D eigenvalue weighted by molar-refractivity contribution is 5.74. The van der Waals surface area contributed by atoms with Crippen LogP contribution in [0.3, 0.4) is 0 Å². The number of likely N-dealkylation sites (N-methyl/N-ethyl adjacent to an activating group) is 1. The highest BCUT2D eigenvalue weighted by Gasteiger charge is 2.33. The number of alkyl halides is 3. The van der Waals surface area contributed by atoms with Crippen LogP contribution in [0.4, 0.5) is 22.4 Å². The Balaban J connectivity index is 2.83. The second kappa shape index (κ2) is 6.75. The molecule has 0 radical (unpaired) electrons. The number of nitrogens with one attached hydrogen (secondary N) is 1. The predicted molar refractivity (Wildman–Crippen MR) is 67.9 cm³/mol. The van der Waals surface area contributed by atoms with E-state index in [2.05, 4.69) is 5.32 Å². The zero-order valence-electron chi connectivity index (χ0n) is 11.5. The van der Waals surface area contributed by atoms with Crippen LogP contribution >= 0.6 is 0 Å². The molecule has 2 N–H and O–H groups in total. The maximum Gasteiger partial charge on any atom is 0.416 e. The van der Waals surface area contributed by atoms with E-state index in [1.165, 1.54) is 7.05 Å². The maximum atomic E-state index is 12.9. The van der Waals surface area contributed by atoms with Gasteiger partial charge in [-0.05, 0) is 24.6 Å². The van der Waals surface area contributed by atoms with Crippen molar-refractivity contribution in [2.24, 2.45) is 0 Å². The summed E-state index contributed by atoms with van der Waals surface area (Å²) >= 11 is 0. The van der Waals surface area contributed by atoms with Crippen LogP contribution in [0.25, 0.3) is 0 Å². The molecule has 0 saturated carbocycles. The van der Waals surface area contributed by atoms with Crippen molar-refractivity contribution in [3.8, 4) is 0 Å². The molecular formula is C13H16F4N2O2. The lowest BCUT2D eigenvalue weighted by Gasteiger charge is -2.24. The topological polar surface area (TPSA) is 52.6 Å². The number of hydrogen-bond donors (Lipinski definition) is 2. The smallest absolute Gasteiger partial charge is 0.394 e. The molecule has 0 saturated heterocycles. The highest BCUT2D eigenvalue weighted by atomic mass is 19.4. The van der Waals surface area contributed by atoms with Crippen molar-refractivity contribution in [2.45, 2.75) is 25.7 Å². The molecule has 0 fully saturated rings. The predicted octanol–water partition coefficient (Wildman–Crippen LogP) is 2.37. The van der Waals surface area contributed by atoms with Crippen molar-refractivity contribution in [2.75, 3.05) is 13.7 Å². The molecule has 0 bridgehead atoms. The maximum absolute atomic E-state index is 12.9. The van der Waals surface area contributed by atoms with Crippen LogP contribution in [-0.2, 0) is 12.7 Å². The first kappa shape index (κ1) is 17.2. The molecule has 0 aliphatic carbocycles. The summed E-state index contributed by atoms with van der Waals surface area (Å²) < 4.78 is 51.2. The summed E-state index contributed by atoms with van der Waals surface area (Å²) in [4.78, 5) is 12.9. The summed E-state index contributed by atoms with van der Waals surface area (Å²) in [6, 6.07) is 1.17. The van der Waals surface area contributed by atoms with Crippen molar-refractivity contribution >= 4 is 6.03 Å². The van der Waals surface area contributed by atoms with Gasteiger partial charge in [-0.1, -0.05) is 6.07 Å². The average molecular weight is 308 g/mol. The minimum atomic E-state index is -4.70. The first-order valence-corrected chi connectivity index (χ1v) is 6.14. The van der Waals surface area contributed by atoms with E-state index in [0.29, 0.717) is 6.07 Å². The number of aliphatic hydroxyl groups excluding tert-OH is 1. The Morgan fingerprint density at radius 3 is 2.57 bits per heavy atom. The van der Waals surface area contributed by atoms with Crippen molar-refractivity contribution < 1.29 is 27.5 Å². The van der Waals surface area contributed by atoms with Gasteiger partial charge in [-0.3, -0.25) is 0 Å². The fraction of sp³-hybridized carbons (Fsp3) is 0.462. The zero-order chi connectivity index (χ0) is 16.2. The number of halogens is 4. The molecule has 0 aliphatic heterocycles. The Morgan fingerprint density at radius 1 is 1.43 bits per heavy atom. The molecule has 1 atom stereocenters. The Labute approximate surface area is 119 Å². The van der Waals surface area contributed by atoms with Gasteiger partial charge in [-0.2, -0.15) is 13.2 Å². The zero-order valence-corrected chi connectivity index (χ0v) is 11.5. The molecular weight excluding hydrogens is 292 g/mol. The van der Waals surface area contributed by atoms with Gasteiger partial charge in [-0.15, -0.1) is 0 Å². The van der Waals surface area contributed by atoms with E-state index >= 15 is 0 Å². The monoisotopic (exact) mass is 308 g/mol. The number of urea groups is 1. The van der Waals surface area contributed by atoms with Crippen LogP contribution in [0.5, 0.6) is 0 Å². The molecule has 1 unspecified atom stereocenters. The third-order valence-electron chi connectivity index (χ3n) is 3.05. The molecule has 0 aliphatic rings. The molecule has 21 heavy (non-hydrogen) atoms. The Bertz CT molecular complexity index is 505. The van der Waals surface area contributed by atoms with Gasteiger partial charge >= 0.3 is 12.2 Å². The summed E-state index contributed by atoms with van der Waals surface area (Å²) in [6.07, 6.45) is -4.70. The van der Waals surface area contributed by atoms with Gasteiger partial charge in [0.1, 0.15) is 5.82 Å². The van der Waals surface area contributed by atoms with Crippen LogP contribution in [0.1, 0.15) is 18.1 Å². The van der Waals surface area contributed by atoms with Gasteiger partial charge in [0.15, 0.2) is 0 Å². The fourth-order valence-corrected chi connectivity index (χ4v) is 1.58. The number of amides is 2. The summed E-state index contributed by atoms with van der Waals surface area (Å²) in [5.41, 5.74) is -1.36. The van der Waals surface area contributed by atoms with E-state index in [4.69, 9.17) is 5.11 Å². The van der Waals surface area contributed by atoms with Crippen molar-refractivity contribution in [1.29, 1.82) is 0 Å². The lowest BCUT2D eigenvalue weighted by atomic mass is 10.1. The van der Waals surface area contributed by atoms with Gasteiger partial charge in [0.2, 0.25) is 0 Å². The van der Waals surface area contributed by atoms with E-state index in [9.17, 15) is 22.4 Å². The molecule has 1 rings (SSSR count). The van der Waals surface area contributed by atoms with Gasteiger partial charge in [0.05, 0.1) is 18.2 Å². The standard InChI is InChI=1S/C13H16F4N2O2/c1-8(7-20)19(2)12(21)18-6-9-3-4-10(14)5-11(9)13(15,16)17/h3-5,8,20H,6-7H2,1-2H3,(H,18,21). The molecule has 2 amide bonds. The van der Waals surface area contributed by atoms with Crippen molar-refractivity contribution in [3.63, 3.8) is 0 Å². The van der Waals surface area contributed by atoms with E-state index in [1.807, 2.05) is 0 Å². The van der Waals surface area contributed by atoms with Gasteiger partial charge in [0.25, 0.3) is 0 Å². The lowest BCUT2D eigenvalue weighted by molar-refractivity contribution is -0.138. The van der Waals surface area contributed by atoms with E-state index in [0.717, 1.165) is 17.0 Å². The number of nitrogens with zero attached hydrogens (tertiary/aromatic N) is 1. The summed E-state index contributed by atoms with van der Waals surface area (Å²) in [6.45, 7) is 0.920. The van der Waals surface area contributed by atoms with Crippen molar-refractivity contribution in [3.05, 3.63) is 35.1 Å². The largest absolute Gasteiger partial charge is 0.416 e. The SMILES string of the molecule is CC(CO)N(C)C(=O)NCc1ccc(F)cc1C(F)(F)F. The molecule has 4 nitrogen and oxygen atoms in total. The van der Waals surface area contributed by atoms with E-state index in [-0.39, 0.29) is 12.2 Å². The summed E-state index contributed by atoms with van der Waals surface area (Å²) in [5, 5.41) is 11.2. The minimum absolute atomic E-state index is 0.234. The third kappa shape index (κ3) is 4.59. The fourth-order valence-electron chi connectivity index (χ4n) is 1.58. The molecule has 1 aromatic carbocycles. The number of rotatable bonds is 4. The van der Waals surface area contributed by atoms with Crippen LogP contribution in [0.2, 0.25) is 0 Å². The normalized spacial score (nSPS) is 12.9. The first-order chi connectivity index (χ1) is 9.66. The van der Waals surface area contributed by atoms with Gasteiger partial charge < -0.3 is 15.3 Å². The van der Waals surface area contributed by atoms with Crippen molar-refractivity contribution in [1.82, 2.24) is 10.2 Å². The highest BCUT2D eigenvalue weighted by Crippen LogP contribution is 2.32. The van der Waals surface area contributed by atoms with E-state index in [1.54, 1.807) is 6.92 Å². The molecule has 1 aromatic rings. The average Bonchev–Trinajstić information content (AvgIpc) is 2.42. The minimum Gasteiger partial charge on any atom is -0.394 e. The molecule has 0 heterocycles. The summed E-state index contributed by atoms with van der Waals surface area (Å²) in [7, 11) is 1.41. The second-order valence-corrected chi connectivity index (χ2v) is 4.60. The van der Waals surface area contributed by atoms with Crippen LogP contribution in [0, 0.1) is 5.82 Å². The number of carbonyl (C=O) groups excluding carboxylic acids is 1. The molecule has 118 valence electrons. The van der Waals surface area contributed by atoms with Crippen LogP contribution < -0.4 is 5.32 Å². The van der Waals surface area contributed by atoms with E-state index < -0.39 is 36.2 Å². The Kier molecular flexibility index (Phi) is 5.54.